The Morgan fingerprint density at radius 2 is 1.70 bits per heavy atom. The van der Waals surface area contributed by atoms with Crippen molar-refractivity contribution in [1.29, 1.82) is 0 Å². The summed E-state index contributed by atoms with van der Waals surface area (Å²) in [4.78, 5) is 24.3. The highest BCUT2D eigenvalue weighted by Crippen LogP contribution is 2.29. The highest BCUT2D eigenvalue weighted by Gasteiger charge is 2.20. The van der Waals surface area contributed by atoms with Gasteiger partial charge in [-0.15, -0.1) is 0 Å². The molecule has 1 amide bonds. The maximum Gasteiger partial charge on any atom is 0.323 e. The number of carbonyl (C=O) groups excluding carboxylic acids is 1. The Bertz CT molecular complexity index is 487. The van der Waals surface area contributed by atoms with E-state index in [9.17, 15) is 9.59 Å². The minimum Gasteiger partial charge on any atom is -0.496 e. The molecular weight excluding hydrogens is 262 g/mol. The van der Waals surface area contributed by atoms with E-state index in [0.29, 0.717) is 23.6 Å². The second-order valence-electron chi connectivity index (χ2n) is 4.22. The van der Waals surface area contributed by atoms with Crippen molar-refractivity contribution in [3.05, 3.63) is 23.3 Å². The number of carboxylic acid groups (broad SMARTS) is 1. The van der Waals surface area contributed by atoms with Gasteiger partial charge in [-0.2, -0.15) is 0 Å². The fourth-order valence-electron chi connectivity index (χ4n) is 1.88. The van der Waals surface area contributed by atoms with E-state index in [-0.39, 0.29) is 12.5 Å². The molecule has 110 valence electrons. The molecule has 0 radical (unpaired) electrons. The van der Waals surface area contributed by atoms with Crippen molar-refractivity contribution in [2.75, 3.05) is 27.3 Å². The van der Waals surface area contributed by atoms with Gasteiger partial charge in [-0.25, -0.2) is 0 Å². The van der Waals surface area contributed by atoms with E-state index in [0.717, 1.165) is 5.56 Å². The fraction of sp³-hybridized carbons (Fsp3) is 0.429. The van der Waals surface area contributed by atoms with Crippen molar-refractivity contribution >= 4 is 11.9 Å². The topological polar surface area (TPSA) is 76.1 Å². The molecule has 0 spiro atoms. The van der Waals surface area contributed by atoms with Gasteiger partial charge in [0.1, 0.15) is 18.0 Å². The Hall–Kier alpha value is -2.24. The molecule has 20 heavy (non-hydrogen) atoms. The number of carbonyl (C=O) groups is 2. The van der Waals surface area contributed by atoms with Crippen molar-refractivity contribution < 1.29 is 24.2 Å². The summed E-state index contributed by atoms with van der Waals surface area (Å²) in [6.07, 6.45) is 0. The Labute approximate surface area is 117 Å². The van der Waals surface area contributed by atoms with Crippen LogP contribution in [0.2, 0.25) is 0 Å². The summed E-state index contributed by atoms with van der Waals surface area (Å²) < 4.78 is 10.4. The van der Waals surface area contributed by atoms with Gasteiger partial charge in [0, 0.05) is 17.7 Å². The van der Waals surface area contributed by atoms with E-state index in [2.05, 4.69) is 0 Å². The van der Waals surface area contributed by atoms with Gasteiger partial charge in [-0.1, -0.05) is 0 Å². The Kier molecular flexibility index (Phi) is 5.37. The number of aliphatic carboxylic acids is 1. The maximum absolute atomic E-state index is 12.3. The number of carboxylic acids is 1. The zero-order valence-electron chi connectivity index (χ0n) is 12.1. The summed E-state index contributed by atoms with van der Waals surface area (Å²) in [5, 5.41) is 8.81. The molecule has 1 rings (SSSR count). The molecule has 6 heteroatoms. The highest BCUT2D eigenvalue weighted by atomic mass is 16.5. The summed E-state index contributed by atoms with van der Waals surface area (Å²) in [5.74, 6) is -0.365. The summed E-state index contributed by atoms with van der Waals surface area (Å²) in [6.45, 7) is 3.52. The summed E-state index contributed by atoms with van der Waals surface area (Å²) in [5.41, 5.74) is 1.13. The molecule has 0 heterocycles. The first kappa shape index (κ1) is 15.8. The van der Waals surface area contributed by atoms with Gasteiger partial charge in [0.05, 0.1) is 14.2 Å². The molecule has 0 saturated heterocycles. The van der Waals surface area contributed by atoms with Crippen LogP contribution in [0, 0.1) is 6.92 Å². The lowest BCUT2D eigenvalue weighted by Gasteiger charge is -2.20. The molecule has 6 nitrogen and oxygen atoms in total. The molecule has 0 fully saturated rings. The molecule has 1 aromatic rings. The van der Waals surface area contributed by atoms with Gasteiger partial charge in [0.25, 0.3) is 5.91 Å². The number of ether oxygens (including phenoxy) is 2. The predicted octanol–water partition coefficient (Wildman–Crippen LogP) is 1.56. The number of amides is 1. The average molecular weight is 281 g/mol. The number of methoxy groups -OCH3 is 2. The van der Waals surface area contributed by atoms with E-state index < -0.39 is 5.97 Å². The van der Waals surface area contributed by atoms with Crippen LogP contribution in [0.3, 0.4) is 0 Å². The lowest BCUT2D eigenvalue weighted by Crippen LogP contribution is -2.35. The van der Waals surface area contributed by atoms with Crippen LogP contribution >= 0.6 is 0 Å². The van der Waals surface area contributed by atoms with E-state index >= 15 is 0 Å². The molecule has 0 aromatic heterocycles. The van der Waals surface area contributed by atoms with Crippen LogP contribution in [0.25, 0.3) is 0 Å². The van der Waals surface area contributed by atoms with E-state index in [1.54, 1.807) is 19.1 Å². The molecule has 0 aliphatic carbocycles. The first-order valence-electron chi connectivity index (χ1n) is 6.18. The number of nitrogens with zero attached hydrogens (tertiary/aromatic N) is 1. The lowest BCUT2D eigenvalue weighted by molar-refractivity contribution is -0.137. The Morgan fingerprint density at radius 3 is 2.05 bits per heavy atom. The van der Waals surface area contributed by atoms with Crippen molar-refractivity contribution in [1.82, 2.24) is 4.90 Å². The van der Waals surface area contributed by atoms with Crippen LogP contribution in [-0.2, 0) is 4.79 Å². The van der Waals surface area contributed by atoms with Gasteiger partial charge in [-0.3, -0.25) is 9.59 Å². The smallest absolute Gasteiger partial charge is 0.323 e. The van der Waals surface area contributed by atoms with Crippen molar-refractivity contribution in [2.24, 2.45) is 0 Å². The Morgan fingerprint density at radius 1 is 1.20 bits per heavy atom. The molecule has 1 aromatic carbocycles. The summed E-state index contributed by atoms with van der Waals surface area (Å²) in [7, 11) is 3.01. The third-order valence-electron chi connectivity index (χ3n) is 2.99. The largest absolute Gasteiger partial charge is 0.496 e. The quantitative estimate of drug-likeness (QED) is 0.856. The zero-order chi connectivity index (χ0) is 15.3. The van der Waals surface area contributed by atoms with Gasteiger partial charge >= 0.3 is 5.97 Å². The van der Waals surface area contributed by atoms with E-state index in [1.165, 1.54) is 19.1 Å². The van der Waals surface area contributed by atoms with Crippen molar-refractivity contribution in [3.63, 3.8) is 0 Å². The number of rotatable bonds is 6. The van der Waals surface area contributed by atoms with Crippen LogP contribution in [0.1, 0.15) is 22.8 Å². The first-order valence-corrected chi connectivity index (χ1v) is 6.18. The van der Waals surface area contributed by atoms with Gasteiger partial charge in [0.2, 0.25) is 0 Å². The Balaban J connectivity index is 3.17. The fourth-order valence-corrected chi connectivity index (χ4v) is 1.88. The van der Waals surface area contributed by atoms with Crippen LogP contribution in [0.5, 0.6) is 11.5 Å². The summed E-state index contributed by atoms with van der Waals surface area (Å²) >= 11 is 0. The van der Waals surface area contributed by atoms with E-state index in [4.69, 9.17) is 14.6 Å². The molecule has 0 atom stereocenters. The molecule has 0 saturated carbocycles. The van der Waals surface area contributed by atoms with Gasteiger partial charge in [-0.05, 0) is 26.0 Å². The van der Waals surface area contributed by atoms with Gasteiger partial charge in [0.15, 0.2) is 0 Å². The standard InChI is InChI=1S/C14H19NO5/c1-5-15(8-13(16)17)14(18)10-6-11(19-3)9(2)12(7-10)20-4/h6-7H,5,8H2,1-4H3,(H,16,17). The number of hydrogen-bond acceptors (Lipinski definition) is 4. The van der Waals surface area contributed by atoms with Crippen LogP contribution < -0.4 is 9.47 Å². The maximum atomic E-state index is 12.3. The molecule has 0 aliphatic rings. The normalized spacial score (nSPS) is 10.0. The SMILES string of the molecule is CCN(CC(=O)O)C(=O)c1cc(OC)c(C)c(OC)c1. The molecular formula is C14H19NO5. The predicted molar refractivity (Wildman–Crippen MR) is 73.5 cm³/mol. The molecule has 0 bridgehead atoms. The molecule has 0 unspecified atom stereocenters. The van der Waals surface area contributed by atoms with Crippen molar-refractivity contribution in [2.45, 2.75) is 13.8 Å². The number of hydrogen-bond donors (Lipinski definition) is 1. The number of likely N-dealkylation sites (N-methyl/N-ethyl adjacent to an activating group) is 1. The van der Waals surface area contributed by atoms with Crippen LogP contribution in [0.15, 0.2) is 12.1 Å². The zero-order valence-corrected chi connectivity index (χ0v) is 12.1. The lowest BCUT2D eigenvalue weighted by atomic mass is 10.1. The minimum absolute atomic E-state index is 0.309. The monoisotopic (exact) mass is 281 g/mol. The molecule has 0 aliphatic heterocycles. The summed E-state index contributed by atoms with van der Waals surface area (Å²) in [6, 6.07) is 3.18. The first-order chi connectivity index (χ1) is 9.44. The third-order valence-corrected chi connectivity index (χ3v) is 2.99. The van der Waals surface area contributed by atoms with Crippen LogP contribution in [-0.4, -0.2) is 49.2 Å². The molecule has 1 N–H and O–H groups in total. The average Bonchev–Trinajstić information content (AvgIpc) is 2.44. The second-order valence-corrected chi connectivity index (χ2v) is 4.22. The minimum atomic E-state index is -1.05. The third kappa shape index (κ3) is 3.40. The second kappa shape index (κ2) is 6.79. The van der Waals surface area contributed by atoms with Crippen molar-refractivity contribution in [3.8, 4) is 11.5 Å². The van der Waals surface area contributed by atoms with Gasteiger partial charge < -0.3 is 19.5 Å². The van der Waals surface area contributed by atoms with Crippen LogP contribution in [0.4, 0.5) is 0 Å². The van der Waals surface area contributed by atoms with E-state index in [1.807, 2.05) is 6.92 Å². The number of benzene rings is 1. The highest BCUT2D eigenvalue weighted by molar-refractivity contribution is 5.96.